The van der Waals surface area contributed by atoms with Crippen molar-refractivity contribution in [3.63, 3.8) is 0 Å². The van der Waals surface area contributed by atoms with Gasteiger partial charge in [0.25, 0.3) is 0 Å². The van der Waals surface area contributed by atoms with Crippen molar-refractivity contribution in [2.24, 2.45) is 0 Å². The maximum absolute atomic E-state index is 13.4. The zero-order valence-corrected chi connectivity index (χ0v) is 12.8. The molecule has 5 nitrogen and oxygen atoms in total. The summed E-state index contributed by atoms with van der Waals surface area (Å²) in [6.07, 6.45) is -1.87. The van der Waals surface area contributed by atoms with Gasteiger partial charge in [0.2, 0.25) is 0 Å². The predicted octanol–water partition coefficient (Wildman–Crippen LogP) is 3.71. The first kappa shape index (κ1) is 16.9. The van der Waals surface area contributed by atoms with E-state index in [2.05, 4.69) is 25.6 Å². The Hall–Kier alpha value is -2.97. The highest BCUT2D eigenvalue weighted by Crippen LogP contribution is 2.33. The minimum absolute atomic E-state index is 0.168. The molecule has 0 saturated carbocycles. The standard InChI is InChI=1S/C16H13F4N5/c17-10-3-4-13-11(8-10)14(25-9-24-13)22-6-7-23-15-12(16(18,19)20)2-1-5-21-15/h1-5,8-9H,6-7H2,(H,21,23)(H,22,24,25). The predicted molar refractivity (Wildman–Crippen MR) is 85.7 cm³/mol. The highest BCUT2D eigenvalue weighted by atomic mass is 19.4. The van der Waals surface area contributed by atoms with Gasteiger partial charge >= 0.3 is 6.18 Å². The third-order valence-corrected chi connectivity index (χ3v) is 3.42. The first-order valence-electron chi connectivity index (χ1n) is 7.35. The van der Waals surface area contributed by atoms with E-state index in [0.717, 1.165) is 6.07 Å². The lowest BCUT2D eigenvalue weighted by Gasteiger charge is -2.14. The Morgan fingerprint density at radius 3 is 2.44 bits per heavy atom. The van der Waals surface area contributed by atoms with E-state index in [1.54, 1.807) is 0 Å². The molecule has 0 bridgehead atoms. The van der Waals surface area contributed by atoms with Crippen molar-refractivity contribution < 1.29 is 17.6 Å². The molecule has 0 spiro atoms. The van der Waals surface area contributed by atoms with Gasteiger partial charge in [-0.15, -0.1) is 0 Å². The fraction of sp³-hybridized carbons (Fsp3) is 0.188. The lowest BCUT2D eigenvalue weighted by atomic mass is 10.2. The van der Waals surface area contributed by atoms with Gasteiger partial charge in [-0.1, -0.05) is 0 Å². The summed E-state index contributed by atoms with van der Waals surface area (Å²) in [4.78, 5) is 11.8. The Labute approximate surface area is 140 Å². The fourth-order valence-electron chi connectivity index (χ4n) is 2.31. The Morgan fingerprint density at radius 2 is 1.68 bits per heavy atom. The third-order valence-electron chi connectivity index (χ3n) is 3.42. The van der Waals surface area contributed by atoms with Gasteiger partial charge in [0, 0.05) is 24.7 Å². The summed E-state index contributed by atoms with van der Waals surface area (Å²) < 4.78 is 52.0. The van der Waals surface area contributed by atoms with Crippen LogP contribution in [0.5, 0.6) is 0 Å². The minimum atomic E-state index is -4.48. The van der Waals surface area contributed by atoms with Gasteiger partial charge in [-0.25, -0.2) is 19.3 Å². The van der Waals surface area contributed by atoms with Gasteiger partial charge in [0.15, 0.2) is 0 Å². The molecule has 0 saturated heterocycles. The molecular weight excluding hydrogens is 338 g/mol. The van der Waals surface area contributed by atoms with Crippen molar-refractivity contribution in [1.29, 1.82) is 0 Å². The van der Waals surface area contributed by atoms with Crippen LogP contribution in [0.3, 0.4) is 0 Å². The van der Waals surface area contributed by atoms with E-state index in [-0.39, 0.29) is 18.9 Å². The molecule has 0 amide bonds. The molecule has 0 atom stereocenters. The zero-order valence-electron chi connectivity index (χ0n) is 12.8. The van der Waals surface area contributed by atoms with Crippen molar-refractivity contribution >= 4 is 22.5 Å². The fourth-order valence-corrected chi connectivity index (χ4v) is 2.31. The van der Waals surface area contributed by atoms with E-state index >= 15 is 0 Å². The van der Waals surface area contributed by atoms with Crippen LogP contribution in [0.25, 0.3) is 10.9 Å². The number of halogens is 4. The van der Waals surface area contributed by atoms with Crippen LogP contribution in [0, 0.1) is 5.82 Å². The SMILES string of the molecule is Fc1ccc2ncnc(NCCNc3ncccc3C(F)(F)F)c2c1. The first-order valence-corrected chi connectivity index (χ1v) is 7.35. The molecule has 0 radical (unpaired) electrons. The summed E-state index contributed by atoms with van der Waals surface area (Å²) in [5, 5.41) is 6.09. The molecule has 0 aliphatic carbocycles. The van der Waals surface area contributed by atoms with Crippen LogP contribution in [0.4, 0.5) is 29.2 Å². The van der Waals surface area contributed by atoms with Crippen molar-refractivity contribution in [2.75, 3.05) is 23.7 Å². The molecule has 2 aromatic heterocycles. The molecule has 0 fully saturated rings. The number of nitrogens with zero attached hydrogens (tertiary/aromatic N) is 3. The highest BCUT2D eigenvalue weighted by molar-refractivity contribution is 5.88. The molecule has 9 heteroatoms. The number of hydrogen-bond donors (Lipinski definition) is 2. The highest BCUT2D eigenvalue weighted by Gasteiger charge is 2.33. The van der Waals surface area contributed by atoms with Crippen LogP contribution >= 0.6 is 0 Å². The number of pyridine rings is 1. The zero-order chi connectivity index (χ0) is 17.9. The number of rotatable bonds is 5. The van der Waals surface area contributed by atoms with Gasteiger partial charge < -0.3 is 10.6 Å². The molecule has 0 aliphatic rings. The summed E-state index contributed by atoms with van der Waals surface area (Å²) in [5.41, 5.74) is -0.263. The van der Waals surface area contributed by atoms with E-state index in [0.29, 0.717) is 16.7 Å². The van der Waals surface area contributed by atoms with Gasteiger partial charge in [-0.05, 0) is 30.3 Å². The molecule has 0 unspecified atom stereocenters. The number of anilines is 2. The van der Waals surface area contributed by atoms with Crippen molar-refractivity contribution in [1.82, 2.24) is 15.0 Å². The quantitative estimate of drug-likeness (QED) is 0.542. The Bertz CT molecular complexity index is 882. The largest absolute Gasteiger partial charge is 0.419 e. The summed E-state index contributed by atoms with van der Waals surface area (Å²) in [5.74, 6) is -0.259. The second kappa shape index (κ2) is 6.88. The summed E-state index contributed by atoms with van der Waals surface area (Å²) >= 11 is 0. The average molecular weight is 351 g/mol. The van der Waals surface area contributed by atoms with E-state index in [1.165, 1.54) is 36.8 Å². The van der Waals surface area contributed by atoms with Crippen LogP contribution in [0.1, 0.15) is 5.56 Å². The van der Waals surface area contributed by atoms with E-state index in [1.807, 2.05) is 0 Å². The Morgan fingerprint density at radius 1 is 0.920 bits per heavy atom. The van der Waals surface area contributed by atoms with Gasteiger partial charge in [0.05, 0.1) is 11.1 Å². The van der Waals surface area contributed by atoms with E-state index < -0.39 is 17.6 Å². The van der Waals surface area contributed by atoms with Gasteiger partial charge in [0.1, 0.15) is 23.8 Å². The van der Waals surface area contributed by atoms with Crippen molar-refractivity contribution in [3.8, 4) is 0 Å². The smallest absolute Gasteiger partial charge is 0.368 e. The molecule has 25 heavy (non-hydrogen) atoms. The second-order valence-electron chi connectivity index (χ2n) is 5.13. The van der Waals surface area contributed by atoms with Crippen LogP contribution in [0.15, 0.2) is 42.9 Å². The van der Waals surface area contributed by atoms with E-state index in [4.69, 9.17) is 0 Å². The number of fused-ring (bicyclic) bond motifs is 1. The molecule has 3 aromatic rings. The first-order chi connectivity index (χ1) is 11.9. The molecule has 2 heterocycles. The molecule has 0 aliphatic heterocycles. The molecule has 2 N–H and O–H groups in total. The third kappa shape index (κ3) is 3.93. The second-order valence-corrected chi connectivity index (χ2v) is 5.13. The number of benzene rings is 1. The van der Waals surface area contributed by atoms with Crippen LogP contribution < -0.4 is 10.6 Å². The summed E-state index contributed by atoms with van der Waals surface area (Å²) in [6.45, 7) is 0.428. The average Bonchev–Trinajstić information content (AvgIpc) is 2.58. The maximum atomic E-state index is 13.4. The molecule has 130 valence electrons. The van der Waals surface area contributed by atoms with Gasteiger partial charge in [-0.2, -0.15) is 13.2 Å². The van der Waals surface area contributed by atoms with Gasteiger partial charge in [-0.3, -0.25) is 0 Å². The van der Waals surface area contributed by atoms with Crippen LogP contribution in [-0.2, 0) is 6.18 Å². The molecular formula is C16H13F4N5. The number of hydrogen-bond acceptors (Lipinski definition) is 5. The normalized spacial score (nSPS) is 11.5. The Kier molecular flexibility index (Phi) is 4.64. The number of nitrogens with one attached hydrogen (secondary N) is 2. The van der Waals surface area contributed by atoms with E-state index in [9.17, 15) is 17.6 Å². The topological polar surface area (TPSA) is 62.7 Å². The van der Waals surface area contributed by atoms with Crippen LogP contribution in [0.2, 0.25) is 0 Å². The minimum Gasteiger partial charge on any atom is -0.368 e. The number of alkyl halides is 3. The summed E-state index contributed by atoms with van der Waals surface area (Å²) in [6, 6.07) is 6.31. The maximum Gasteiger partial charge on any atom is 0.419 e. The van der Waals surface area contributed by atoms with Crippen molar-refractivity contribution in [2.45, 2.75) is 6.18 Å². The van der Waals surface area contributed by atoms with Crippen molar-refractivity contribution in [3.05, 3.63) is 54.2 Å². The Balaban J connectivity index is 1.66. The lowest BCUT2D eigenvalue weighted by molar-refractivity contribution is -0.137. The molecule has 1 aromatic carbocycles. The molecule has 3 rings (SSSR count). The van der Waals surface area contributed by atoms with Crippen LogP contribution in [-0.4, -0.2) is 28.0 Å². The lowest BCUT2D eigenvalue weighted by Crippen LogP contribution is -2.18. The summed E-state index contributed by atoms with van der Waals surface area (Å²) in [7, 11) is 0. The number of aromatic nitrogens is 3. The monoisotopic (exact) mass is 351 g/mol.